The van der Waals surface area contributed by atoms with Gasteiger partial charge in [-0.3, -0.25) is 4.79 Å². The third kappa shape index (κ3) is 2.09. The van der Waals surface area contributed by atoms with Crippen molar-refractivity contribution < 1.29 is 4.79 Å². The number of benzene rings is 2. The fourth-order valence-electron chi connectivity index (χ4n) is 2.91. The zero-order chi connectivity index (χ0) is 14.2. The maximum Gasteiger partial charge on any atom is 0.227 e. The van der Waals surface area contributed by atoms with Gasteiger partial charge in [0.1, 0.15) is 5.82 Å². The Bertz CT molecular complexity index is 761. The van der Waals surface area contributed by atoms with Crippen molar-refractivity contribution in [2.45, 2.75) is 12.3 Å². The average molecular weight is 277 g/mol. The van der Waals surface area contributed by atoms with E-state index in [9.17, 15) is 4.79 Å². The molecule has 1 saturated heterocycles. The number of rotatable bonds is 2. The molecule has 4 heteroatoms. The summed E-state index contributed by atoms with van der Waals surface area (Å²) in [4.78, 5) is 22.1. The second kappa shape index (κ2) is 4.74. The van der Waals surface area contributed by atoms with E-state index in [1.54, 1.807) is 0 Å². The van der Waals surface area contributed by atoms with Gasteiger partial charge in [0.15, 0.2) is 0 Å². The number of anilines is 1. The minimum absolute atomic E-state index is 0.130. The number of hydrogen-bond donors (Lipinski definition) is 1. The number of fused-ring (bicyclic) bond motifs is 1. The topological polar surface area (TPSA) is 49.0 Å². The molecule has 0 radical (unpaired) electrons. The summed E-state index contributed by atoms with van der Waals surface area (Å²) in [6, 6.07) is 17.8. The van der Waals surface area contributed by atoms with Crippen molar-refractivity contribution in [2.75, 3.05) is 11.4 Å². The first kappa shape index (κ1) is 12.1. The lowest BCUT2D eigenvalue weighted by atomic mass is 10.1. The van der Waals surface area contributed by atoms with Crippen LogP contribution in [0.3, 0.4) is 0 Å². The molecule has 2 heterocycles. The monoisotopic (exact) mass is 277 g/mol. The molecule has 21 heavy (non-hydrogen) atoms. The molecule has 2 aromatic carbocycles. The van der Waals surface area contributed by atoms with Crippen LogP contribution in [0.2, 0.25) is 0 Å². The number of imidazole rings is 1. The molecule has 1 atom stereocenters. The van der Waals surface area contributed by atoms with E-state index in [2.05, 4.69) is 9.97 Å². The summed E-state index contributed by atoms with van der Waals surface area (Å²) in [7, 11) is 0. The Morgan fingerprint density at radius 3 is 2.62 bits per heavy atom. The lowest BCUT2D eigenvalue weighted by Crippen LogP contribution is -2.24. The van der Waals surface area contributed by atoms with Crippen molar-refractivity contribution >= 4 is 22.6 Å². The van der Waals surface area contributed by atoms with Gasteiger partial charge < -0.3 is 9.88 Å². The van der Waals surface area contributed by atoms with E-state index >= 15 is 0 Å². The molecule has 4 nitrogen and oxygen atoms in total. The van der Waals surface area contributed by atoms with Crippen molar-refractivity contribution in [1.29, 1.82) is 0 Å². The highest BCUT2D eigenvalue weighted by Gasteiger charge is 2.33. The summed E-state index contributed by atoms with van der Waals surface area (Å²) in [5.74, 6) is 1.19. The molecular weight excluding hydrogens is 262 g/mol. The number of nitrogens with one attached hydrogen (secondary N) is 1. The van der Waals surface area contributed by atoms with Crippen LogP contribution in [0.1, 0.15) is 18.2 Å². The number of carbonyl (C=O) groups is 1. The van der Waals surface area contributed by atoms with Crippen LogP contribution in [-0.4, -0.2) is 22.4 Å². The van der Waals surface area contributed by atoms with E-state index in [0.717, 1.165) is 22.5 Å². The Morgan fingerprint density at radius 1 is 1.05 bits per heavy atom. The molecule has 4 rings (SSSR count). The molecule has 3 aromatic rings. The Balaban J connectivity index is 1.64. The lowest BCUT2D eigenvalue weighted by molar-refractivity contribution is -0.117. The molecule has 1 aliphatic rings. The highest BCUT2D eigenvalue weighted by molar-refractivity contribution is 5.96. The first-order valence-corrected chi connectivity index (χ1v) is 7.11. The first-order chi connectivity index (χ1) is 10.3. The van der Waals surface area contributed by atoms with Crippen molar-refractivity contribution in [3.8, 4) is 0 Å². The van der Waals surface area contributed by atoms with Crippen LogP contribution < -0.4 is 4.90 Å². The zero-order valence-corrected chi connectivity index (χ0v) is 11.5. The maximum atomic E-state index is 12.3. The smallest absolute Gasteiger partial charge is 0.227 e. The summed E-state index contributed by atoms with van der Waals surface area (Å²) < 4.78 is 0. The largest absolute Gasteiger partial charge is 0.342 e. The van der Waals surface area contributed by atoms with E-state index in [0.29, 0.717) is 13.0 Å². The number of aromatic nitrogens is 2. The van der Waals surface area contributed by atoms with Crippen LogP contribution in [-0.2, 0) is 4.79 Å². The quantitative estimate of drug-likeness (QED) is 0.782. The number of amides is 1. The SMILES string of the molecule is O=C1C[C@@H](c2nc3ccccc3[nH]2)CN1c1ccccc1. The zero-order valence-electron chi connectivity index (χ0n) is 11.5. The van der Waals surface area contributed by atoms with Gasteiger partial charge in [-0.25, -0.2) is 4.98 Å². The van der Waals surface area contributed by atoms with Crippen molar-refractivity contribution in [3.63, 3.8) is 0 Å². The number of H-pyrrole nitrogens is 1. The van der Waals surface area contributed by atoms with E-state index in [-0.39, 0.29) is 11.8 Å². The summed E-state index contributed by atoms with van der Waals surface area (Å²) in [6.45, 7) is 0.683. The number of carbonyl (C=O) groups excluding carboxylic acids is 1. The van der Waals surface area contributed by atoms with Gasteiger partial charge in [0.05, 0.1) is 11.0 Å². The average Bonchev–Trinajstić information content (AvgIpc) is 3.11. The Morgan fingerprint density at radius 2 is 1.81 bits per heavy atom. The van der Waals surface area contributed by atoms with Crippen molar-refractivity contribution in [1.82, 2.24) is 9.97 Å². The second-order valence-electron chi connectivity index (χ2n) is 5.38. The van der Waals surface area contributed by atoms with E-state index in [1.807, 2.05) is 59.5 Å². The van der Waals surface area contributed by atoms with E-state index in [4.69, 9.17) is 0 Å². The molecule has 1 aromatic heterocycles. The molecule has 0 bridgehead atoms. The van der Waals surface area contributed by atoms with Gasteiger partial charge in [0, 0.05) is 24.6 Å². The van der Waals surface area contributed by atoms with E-state index in [1.165, 1.54) is 0 Å². The first-order valence-electron chi connectivity index (χ1n) is 7.11. The molecule has 1 fully saturated rings. The summed E-state index contributed by atoms with van der Waals surface area (Å²) >= 11 is 0. The number of nitrogens with zero attached hydrogens (tertiary/aromatic N) is 2. The fraction of sp³-hybridized carbons (Fsp3) is 0.176. The predicted molar refractivity (Wildman–Crippen MR) is 82.2 cm³/mol. The molecule has 1 aliphatic heterocycles. The normalized spacial score (nSPS) is 18.6. The summed E-state index contributed by atoms with van der Waals surface area (Å²) in [6.07, 6.45) is 0.509. The van der Waals surface area contributed by atoms with Gasteiger partial charge in [0.25, 0.3) is 0 Å². The van der Waals surface area contributed by atoms with E-state index < -0.39 is 0 Å². The van der Waals surface area contributed by atoms with Gasteiger partial charge in [-0.1, -0.05) is 30.3 Å². The Labute approximate surface area is 122 Å². The third-order valence-corrected chi connectivity index (χ3v) is 3.99. The highest BCUT2D eigenvalue weighted by atomic mass is 16.2. The van der Waals surface area contributed by atoms with Gasteiger partial charge in [-0.15, -0.1) is 0 Å². The molecular formula is C17H15N3O. The molecule has 0 spiro atoms. The molecule has 0 aliphatic carbocycles. The molecule has 104 valence electrons. The van der Waals surface area contributed by atoms with Crippen LogP contribution in [0.25, 0.3) is 11.0 Å². The molecule has 1 N–H and O–H groups in total. The summed E-state index contributed by atoms with van der Waals surface area (Å²) in [5.41, 5.74) is 2.94. The lowest BCUT2D eigenvalue weighted by Gasteiger charge is -2.15. The van der Waals surface area contributed by atoms with Crippen molar-refractivity contribution in [3.05, 3.63) is 60.4 Å². The van der Waals surface area contributed by atoms with Crippen molar-refractivity contribution in [2.24, 2.45) is 0 Å². The Hall–Kier alpha value is -2.62. The predicted octanol–water partition coefficient (Wildman–Crippen LogP) is 3.08. The third-order valence-electron chi connectivity index (χ3n) is 3.99. The van der Waals surface area contributed by atoms with Gasteiger partial charge in [-0.2, -0.15) is 0 Å². The van der Waals surface area contributed by atoms with Crippen LogP contribution in [0, 0.1) is 0 Å². The second-order valence-corrected chi connectivity index (χ2v) is 5.38. The van der Waals surface area contributed by atoms with Crippen LogP contribution in [0.5, 0.6) is 0 Å². The molecule has 1 amide bonds. The van der Waals surface area contributed by atoms with Gasteiger partial charge >= 0.3 is 0 Å². The van der Waals surface area contributed by atoms with Crippen LogP contribution >= 0.6 is 0 Å². The maximum absolute atomic E-state index is 12.3. The number of aromatic amines is 1. The van der Waals surface area contributed by atoms with Crippen LogP contribution in [0.4, 0.5) is 5.69 Å². The number of para-hydroxylation sites is 3. The Kier molecular flexibility index (Phi) is 2.74. The summed E-state index contributed by atoms with van der Waals surface area (Å²) in [5, 5.41) is 0. The minimum Gasteiger partial charge on any atom is -0.342 e. The van der Waals surface area contributed by atoms with Crippen LogP contribution in [0.15, 0.2) is 54.6 Å². The van der Waals surface area contributed by atoms with Gasteiger partial charge in [0.2, 0.25) is 5.91 Å². The highest BCUT2D eigenvalue weighted by Crippen LogP contribution is 2.31. The molecule has 0 saturated carbocycles. The minimum atomic E-state index is 0.130. The molecule has 0 unspecified atom stereocenters. The van der Waals surface area contributed by atoms with Gasteiger partial charge in [-0.05, 0) is 24.3 Å². The number of hydrogen-bond acceptors (Lipinski definition) is 2. The standard InChI is InChI=1S/C17H15N3O/c21-16-10-12(11-20(16)13-6-2-1-3-7-13)17-18-14-8-4-5-9-15(14)19-17/h1-9,12H,10-11H2,(H,18,19)/t12-/m1/s1. The fourth-order valence-corrected chi connectivity index (χ4v) is 2.91.